The third kappa shape index (κ3) is 45.2. The van der Waals surface area contributed by atoms with E-state index >= 15 is 0 Å². The summed E-state index contributed by atoms with van der Waals surface area (Å²) < 4.78 is 34.3. The fourth-order valence-electron chi connectivity index (χ4n) is 6.28. The summed E-state index contributed by atoms with van der Waals surface area (Å²) in [7, 11) is 1.47. The van der Waals surface area contributed by atoms with Gasteiger partial charge in [-0.1, -0.05) is 171 Å². The monoisotopic (exact) mass is 865 g/mol. The van der Waals surface area contributed by atoms with Gasteiger partial charge in [0, 0.05) is 12.8 Å². The van der Waals surface area contributed by atoms with Crippen LogP contribution < -0.4 is 0 Å². The van der Waals surface area contributed by atoms with Crippen LogP contribution in [0.25, 0.3) is 0 Å². The molecule has 0 rings (SSSR count). The number of likely N-dealkylation sites (N-methyl/N-ethyl adjacent to an activating group) is 1. The molecule has 10 heteroatoms. The zero-order valence-corrected chi connectivity index (χ0v) is 40.1. The molecule has 0 saturated heterocycles. The Morgan fingerprint density at radius 2 is 0.950 bits per heavy atom. The van der Waals surface area contributed by atoms with Crippen LogP contribution in [0.2, 0.25) is 0 Å². The number of phosphoric acid groups is 1. The zero-order valence-electron chi connectivity index (χ0n) is 39.2. The average Bonchev–Trinajstić information content (AvgIpc) is 3.20. The Balaban J connectivity index is 4.20. The number of phosphoric ester groups is 1. The van der Waals surface area contributed by atoms with Crippen LogP contribution in [0.15, 0.2) is 60.8 Å². The number of allylic oxidation sites excluding steroid dienone is 10. The summed E-state index contributed by atoms with van der Waals surface area (Å²) in [6.07, 6.45) is 51.3. The predicted molar refractivity (Wildman–Crippen MR) is 252 cm³/mol. The van der Waals surface area contributed by atoms with E-state index in [-0.39, 0.29) is 32.0 Å². The van der Waals surface area contributed by atoms with E-state index in [1.807, 2.05) is 21.1 Å². The van der Waals surface area contributed by atoms with Crippen LogP contribution >= 0.6 is 7.82 Å². The van der Waals surface area contributed by atoms with E-state index in [0.29, 0.717) is 17.4 Å². The van der Waals surface area contributed by atoms with Crippen LogP contribution in [0.5, 0.6) is 0 Å². The van der Waals surface area contributed by atoms with Crippen LogP contribution in [0.4, 0.5) is 0 Å². The summed E-state index contributed by atoms with van der Waals surface area (Å²) in [6.45, 7) is 4.26. The quantitative estimate of drug-likeness (QED) is 0.0212. The van der Waals surface area contributed by atoms with Crippen molar-refractivity contribution < 1.29 is 42.1 Å². The first-order chi connectivity index (χ1) is 29.0. The molecular formula is C50H91NO8P+. The van der Waals surface area contributed by atoms with E-state index in [0.717, 1.165) is 89.9 Å². The molecule has 0 aliphatic rings. The number of carbonyl (C=O) groups is 2. The topological polar surface area (TPSA) is 108 Å². The molecule has 0 spiro atoms. The molecule has 2 unspecified atom stereocenters. The summed E-state index contributed by atoms with van der Waals surface area (Å²) in [6, 6.07) is 0. The smallest absolute Gasteiger partial charge is 0.462 e. The van der Waals surface area contributed by atoms with Crippen molar-refractivity contribution in [1.82, 2.24) is 0 Å². The Labute approximate surface area is 368 Å². The zero-order chi connectivity index (χ0) is 44.3. The molecule has 0 saturated carbocycles. The van der Waals surface area contributed by atoms with Gasteiger partial charge in [-0.15, -0.1) is 0 Å². The van der Waals surface area contributed by atoms with E-state index < -0.39 is 26.5 Å². The van der Waals surface area contributed by atoms with Gasteiger partial charge in [0.25, 0.3) is 0 Å². The van der Waals surface area contributed by atoms with Crippen LogP contribution in [-0.2, 0) is 32.7 Å². The molecule has 0 aromatic rings. The summed E-state index contributed by atoms with van der Waals surface area (Å²) in [5.74, 6) is -0.813. The van der Waals surface area contributed by atoms with Gasteiger partial charge in [0.1, 0.15) is 19.8 Å². The van der Waals surface area contributed by atoms with Gasteiger partial charge in [0.15, 0.2) is 6.10 Å². The van der Waals surface area contributed by atoms with Crippen molar-refractivity contribution >= 4 is 19.8 Å². The Morgan fingerprint density at radius 3 is 1.43 bits per heavy atom. The van der Waals surface area contributed by atoms with Crippen molar-refractivity contribution in [3.63, 3.8) is 0 Å². The first kappa shape index (κ1) is 57.7. The summed E-state index contributed by atoms with van der Waals surface area (Å²) in [5, 5.41) is 0. The number of hydrogen-bond donors (Lipinski definition) is 1. The number of esters is 2. The van der Waals surface area contributed by atoms with E-state index in [4.69, 9.17) is 18.5 Å². The molecule has 0 aliphatic carbocycles. The maximum atomic E-state index is 12.7. The van der Waals surface area contributed by atoms with Crippen molar-refractivity contribution in [3.05, 3.63) is 60.8 Å². The normalized spacial score (nSPS) is 14.0. The number of quaternary nitrogens is 1. The van der Waals surface area contributed by atoms with Crippen molar-refractivity contribution in [2.75, 3.05) is 47.5 Å². The molecule has 0 radical (unpaired) electrons. The van der Waals surface area contributed by atoms with E-state index in [1.165, 1.54) is 70.6 Å². The van der Waals surface area contributed by atoms with E-state index in [1.54, 1.807) is 0 Å². The summed E-state index contributed by atoms with van der Waals surface area (Å²) in [4.78, 5) is 35.4. The third-order valence-corrected chi connectivity index (χ3v) is 11.0. The Hall–Kier alpha value is -2.29. The number of rotatable bonds is 43. The highest BCUT2D eigenvalue weighted by Gasteiger charge is 2.27. The SMILES string of the molecule is CC/C=C\C/C=C\C/C=C\C/C=C\CCCCCCCCCCCCCCC(=O)OC(COC(=O)CCCCCCC/C=C\CCCC)COP(=O)(O)OCC[N+](C)(C)C. The second kappa shape index (κ2) is 42.0. The lowest BCUT2D eigenvalue weighted by Crippen LogP contribution is -2.37. The van der Waals surface area contributed by atoms with E-state index in [2.05, 4.69) is 74.6 Å². The van der Waals surface area contributed by atoms with Gasteiger partial charge in [-0.2, -0.15) is 0 Å². The Bertz CT molecular complexity index is 1210. The van der Waals surface area contributed by atoms with Crippen molar-refractivity contribution in [2.24, 2.45) is 0 Å². The second-order valence-electron chi connectivity index (χ2n) is 17.1. The molecule has 60 heavy (non-hydrogen) atoms. The minimum absolute atomic E-state index is 0.0284. The average molecular weight is 865 g/mol. The van der Waals surface area contributed by atoms with Crippen molar-refractivity contribution in [2.45, 2.75) is 200 Å². The van der Waals surface area contributed by atoms with Crippen molar-refractivity contribution in [3.8, 4) is 0 Å². The van der Waals surface area contributed by atoms with Gasteiger partial charge >= 0.3 is 19.8 Å². The highest BCUT2D eigenvalue weighted by Crippen LogP contribution is 2.43. The van der Waals surface area contributed by atoms with Gasteiger partial charge < -0.3 is 18.9 Å². The number of unbranched alkanes of at least 4 members (excludes halogenated alkanes) is 19. The molecular weight excluding hydrogens is 774 g/mol. The van der Waals surface area contributed by atoms with Gasteiger partial charge in [0.05, 0.1) is 27.7 Å². The number of nitrogens with zero attached hydrogens (tertiary/aromatic N) is 1. The standard InChI is InChI=1S/C50H90NO8P/c1-6-8-10-12-14-16-18-19-20-21-22-23-24-25-26-27-28-29-30-31-33-35-37-39-41-43-50(53)59-48(47-58-60(54,55)57-45-44-51(3,4)5)46-56-49(52)42-40-38-36-34-32-17-15-13-11-9-7-2/h8,10,13-16,19-20,22-23,48H,6-7,9,11-12,17-18,21,24-47H2,1-5H3/p+1/b10-8-,15-13-,16-14-,20-19-,23-22-. The molecule has 0 amide bonds. The molecule has 0 aromatic carbocycles. The highest BCUT2D eigenvalue weighted by molar-refractivity contribution is 7.47. The van der Waals surface area contributed by atoms with Crippen LogP contribution in [0.3, 0.4) is 0 Å². The van der Waals surface area contributed by atoms with Crippen molar-refractivity contribution in [1.29, 1.82) is 0 Å². The minimum Gasteiger partial charge on any atom is -0.462 e. The van der Waals surface area contributed by atoms with Gasteiger partial charge in [-0.25, -0.2) is 4.57 Å². The molecule has 348 valence electrons. The fraction of sp³-hybridized carbons (Fsp3) is 0.760. The first-order valence-corrected chi connectivity index (χ1v) is 25.5. The number of ether oxygens (including phenoxy) is 2. The Morgan fingerprint density at radius 1 is 0.533 bits per heavy atom. The Kier molecular flexibility index (Phi) is 40.4. The lowest BCUT2D eigenvalue weighted by Gasteiger charge is -2.24. The maximum absolute atomic E-state index is 12.7. The third-order valence-electron chi connectivity index (χ3n) is 10.0. The van der Waals surface area contributed by atoms with Crippen LogP contribution in [0, 0.1) is 0 Å². The molecule has 1 N–H and O–H groups in total. The summed E-state index contributed by atoms with van der Waals surface area (Å²) >= 11 is 0. The maximum Gasteiger partial charge on any atom is 0.472 e. The minimum atomic E-state index is -4.38. The molecule has 2 atom stereocenters. The van der Waals surface area contributed by atoms with Crippen LogP contribution in [0.1, 0.15) is 194 Å². The first-order valence-electron chi connectivity index (χ1n) is 24.0. The lowest BCUT2D eigenvalue weighted by molar-refractivity contribution is -0.870. The molecule has 0 aromatic heterocycles. The van der Waals surface area contributed by atoms with E-state index in [9.17, 15) is 19.0 Å². The van der Waals surface area contributed by atoms with Crippen LogP contribution in [-0.4, -0.2) is 74.9 Å². The number of hydrogen-bond acceptors (Lipinski definition) is 7. The van der Waals surface area contributed by atoms with Gasteiger partial charge in [0.2, 0.25) is 0 Å². The molecule has 0 fully saturated rings. The predicted octanol–water partition coefficient (Wildman–Crippen LogP) is 14.0. The fourth-order valence-corrected chi connectivity index (χ4v) is 7.02. The lowest BCUT2D eigenvalue weighted by atomic mass is 10.0. The molecule has 9 nitrogen and oxygen atoms in total. The second-order valence-corrected chi connectivity index (χ2v) is 18.6. The molecule has 0 heterocycles. The number of carbonyl (C=O) groups excluding carboxylic acids is 2. The highest BCUT2D eigenvalue weighted by atomic mass is 31.2. The van der Waals surface area contributed by atoms with Gasteiger partial charge in [-0.05, 0) is 70.6 Å². The largest absolute Gasteiger partial charge is 0.472 e. The molecule has 0 bridgehead atoms. The molecule has 0 aliphatic heterocycles. The summed E-state index contributed by atoms with van der Waals surface area (Å²) in [5.41, 5.74) is 0. The van der Waals surface area contributed by atoms with Gasteiger partial charge in [-0.3, -0.25) is 18.6 Å².